The molecule has 0 aromatic heterocycles. The molecule has 3 aliphatic rings. The van der Waals surface area contributed by atoms with E-state index in [-0.39, 0.29) is 0 Å². The van der Waals surface area contributed by atoms with Crippen LogP contribution in [0, 0.1) is 5.92 Å². The quantitative estimate of drug-likeness (QED) is 0.716. The Hall–Kier alpha value is -0.610. The van der Waals surface area contributed by atoms with E-state index in [1.54, 1.807) is 0 Å². The molecule has 3 rings (SSSR count). The summed E-state index contributed by atoms with van der Waals surface area (Å²) in [5, 5.41) is 0. The normalized spacial score (nSPS) is 29.5. The second-order valence-corrected chi connectivity index (χ2v) is 8.35. The van der Waals surface area contributed by atoms with Crippen molar-refractivity contribution in [3.8, 4) is 0 Å². The molecule has 0 unspecified atom stereocenters. The molecule has 0 aromatic rings. The van der Waals surface area contributed by atoms with Gasteiger partial charge in [0.25, 0.3) is 0 Å². The highest BCUT2D eigenvalue weighted by Crippen LogP contribution is 2.39. The molecule has 0 spiro atoms. The van der Waals surface area contributed by atoms with Crippen LogP contribution >= 0.6 is 0 Å². The number of likely N-dealkylation sites (tertiary alicyclic amines) is 2. The molecule has 138 valence electrons. The first-order valence-electron chi connectivity index (χ1n) is 10.4. The van der Waals surface area contributed by atoms with Gasteiger partial charge in [-0.05, 0) is 71.1 Å². The zero-order valence-corrected chi connectivity index (χ0v) is 15.9. The summed E-state index contributed by atoms with van der Waals surface area (Å²) in [7, 11) is 2.23. The summed E-state index contributed by atoms with van der Waals surface area (Å²) in [5.41, 5.74) is 0. The summed E-state index contributed by atoms with van der Waals surface area (Å²) >= 11 is 0. The Morgan fingerprint density at radius 2 is 1.83 bits per heavy atom. The van der Waals surface area contributed by atoms with Crippen LogP contribution in [-0.4, -0.2) is 72.5 Å². The van der Waals surface area contributed by atoms with Gasteiger partial charge in [0.05, 0.1) is 0 Å². The molecule has 2 saturated heterocycles. The lowest BCUT2D eigenvalue weighted by molar-refractivity contribution is -0.132. The number of fused-ring (bicyclic) bond motifs is 1. The van der Waals surface area contributed by atoms with Gasteiger partial charge in [0.2, 0.25) is 5.91 Å². The van der Waals surface area contributed by atoms with E-state index < -0.39 is 0 Å². The fourth-order valence-corrected chi connectivity index (χ4v) is 5.26. The summed E-state index contributed by atoms with van der Waals surface area (Å²) in [6.45, 7) is 8.26. The molecule has 0 aromatic carbocycles. The number of rotatable bonds is 7. The monoisotopic (exact) mass is 335 g/mol. The van der Waals surface area contributed by atoms with Crippen molar-refractivity contribution in [2.75, 3.05) is 39.8 Å². The van der Waals surface area contributed by atoms with Crippen molar-refractivity contribution in [2.24, 2.45) is 5.92 Å². The van der Waals surface area contributed by atoms with Crippen molar-refractivity contribution < 1.29 is 4.79 Å². The summed E-state index contributed by atoms with van der Waals surface area (Å²) < 4.78 is 0. The van der Waals surface area contributed by atoms with Crippen LogP contribution < -0.4 is 0 Å². The van der Waals surface area contributed by atoms with Crippen LogP contribution in [0.3, 0.4) is 0 Å². The third-order valence-corrected chi connectivity index (χ3v) is 6.52. The minimum atomic E-state index is 0.464. The maximum absolute atomic E-state index is 12.5. The third-order valence-electron chi connectivity index (χ3n) is 6.52. The minimum Gasteiger partial charge on any atom is -0.336 e. The molecule has 2 atom stereocenters. The molecule has 2 aliphatic heterocycles. The lowest BCUT2D eigenvalue weighted by Gasteiger charge is -2.41. The van der Waals surface area contributed by atoms with Gasteiger partial charge in [-0.2, -0.15) is 0 Å². The minimum absolute atomic E-state index is 0.464. The number of amides is 1. The second kappa shape index (κ2) is 8.66. The number of hydrogen-bond donors (Lipinski definition) is 0. The van der Waals surface area contributed by atoms with E-state index in [1.807, 2.05) is 0 Å². The maximum Gasteiger partial charge on any atom is 0.223 e. The van der Waals surface area contributed by atoms with Crippen molar-refractivity contribution in [1.82, 2.24) is 14.7 Å². The summed E-state index contributed by atoms with van der Waals surface area (Å²) in [5.74, 6) is 1.14. The molecule has 0 N–H and O–H groups in total. The predicted octanol–water partition coefficient (Wildman–Crippen LogP) is 2.97. The van der Waals surface area contributed by atoms with Crippen LogP contribution in [0.15, 0.2) is 0 Å². The van der Waals surface area contributed by atoms with E-state index >= 15 is 0 Å². The molecular weight excluding hydrogens is 298 g/mol. The van der Waals surface area contributed by atoms with Gasteiger partial charge in [-0.3, -0.25) is 4.79 Å². The fourth-order valence-electron chi connectivity index (χ4n) is 5.26. The summed E-state index contributed by atoms with van der Waals surface area (Å²) in [6, 6.07) is 1.12. The largest absolute Gasteiger partial charge is 0.336 e. The number of carbonyl (C=O) groups excluding carboxylic acids is 1. The smallest absolute Gasteiger partial charge is 0.223 e. The SMILES string of the molecule is CCCN(C)CCCN1CCC(N2C(=O)C[C@H]3CCCC[C@@H]32)CC1. The topological polar surface area (TPSA) is 26.8 Å². The summed E-state index contributed by atoms with van der Waals surface area (Å²) in [6.07, 6.45) is 11.0. The van der Waals surface area contributed by atoms with Gasteiger partial charge in [-0.15, -0.1) is 0 Å². The first-order valence-corrected chi connectivity index (χ1v) is 10.4. The molecular formula is C20H37N3O. The molecule has 1 saturated carbocycles. The first-order chi connectivity index (χ1) is 11.7. The van der Waals surface area contributed by atoms with Gasteiger partial charge in [-0.1, -0.05) is 19.8 Å². The zero-order valence-electron chi connectivity index (χ0n) is 15.9. The van der Waals surface area contributed by atoms with Crippen molar-refractivity contribution in [1.29, 1.82) is 0 Å². The lowest BCUT2D eigenvalue weighted by Crippen LogP contribution is -2.49. The predicted molar refractivity (Wildman–Crippen MR) is 99.1 cm³/mol. The van der Waals surface area contributed by atoms with Crippen LogP contribution in [0.2, 0.25) is 0 Å². The van der Waals surface area contributed by atoms with Gasteiger partial charge < -0.3 is 14.7 Å². The van der Waals surface area contributed by atoms with Crippen LogP contribution in [0.5, 0.6) is 0 Å². The average molecular weight is 336 g/mol. The maximum atomic E-state index is 12.5. The summed E-state index contributed by atoms with van der Waals surface area (Å²) in [4.78, 5) is 19.9. The van der Waals surface area contributed by atoms with Gasteiger partial charge in [-0.25, -0.2) is 0 Å². The Balaban J connectivity index is 1.41. The number of hydrogen-bond acceptors (Lipinski definition) is 3. The molecule has 2 heterocycles. The molecule has 1 amide bonds. The van der Waals surface area contributed by atoms with E-state index in [2.05, 4.69) is 28.7 Å². The van der Waals surface area contributed by atoms with E-state index in [1.165, 1.54) is 84.1 Å². The van der Waals surface area contributed by atoms with Crippen LogP contribution in [0.25, 0.3) is 0 Å². The van der Waals surface area contributed by atoms with Gasteiger partial charge in [0, 0.05) is 31.6 Å². The highest BCUT2D eigenvalue weighted by Gasteiger charge is 2.44. The molecule has 4 nitrogen and oxygen atoms in total. The Bertz CT molecular complexity index is 406. The average Bonchev–Trinajstić information content (AvgIpc) is 2.91. The molecule has 24 heavy (non-hydrogen) atoms. The highest BCUT2D eigenvalue weighted by molar-refractivity contribution is 5.79. The second-order valence-electron chi connectivity index (χ2n) is 8.35. The zero-order chi connectivity index (χ0) is 16.9. The van der Waals surface area contributed by atoms with Crippen molar-refractivity contribution >= 4 is 5.91 Å². The standard InChI is InChI=1S/C20H37N3O/c1-3-11-21(2)12-6-13-22-14-9-18(10-15-22)23-19-8-5-4-7-17(19)16-20(23)24/h17-19H,3-16H2,1-2H3/t17-,19+/m1/s1. The Morgan fingerprint density at radius 1 is 1.08 bits per heavy atom. The van der Waals surface area contributed by atoms with E-state index in [9.17, 15) is 4.79 Å². The van der Waals surface area contributed by atoms with Gasteiger partial charge in [0.15, 0.2) is 0 Å². The van der Waals surface area contributed by atoms with Gasteiger partial charge in [0.1, 0.15) is 0 Å². The lowest BCUT2D eigenvalue weighted by atomic mass is 9.84. The molecule has 4 heteroatoms. The van der Waals surface area contributed by atoms with E-state index in [0.29, 0.717) is 23.9 Å². The van der Waals surface area contributed by atoms with Crippen LogP contribution in [0.4, 0.5) is 0 Å². The van der Waals surface area contributed by atoms with Gasteiger partial charge >= 0.3 is 0 Å². The third kappa shape index (κ3) is 4.32. The molecule has 0 radical (unpaired) electrons. The van der Waals surface area contributed by atoms with Crippen molar-refractivity contribution in [3.05, 3.63) is 0 Å². The Labute approximate surface area is 148 Å². The Morgan fingerprint density at radius 3 is 2.58 bits per heavy atom. The van der Waals surface area contributed by atoms with Crippen LogP contribution in [-0.2, 0) is 4.79 Å². The number of carbonyl (C=O) groups is 1. The number of piperidine rings is 1. The van der Waals surface area contributed by atoms with E-state index in [4.69, 9.17) is 0 Å². The molecule has 3 fully saturated rings. The fraction of sp³-hybridized carbons (Fsp3) is 0.950. The highest BCUT2D eigenvalue weighted by atomic mass is 16.2. The van der Waals surface area contributed by atoms with Crippen molar-refractivity contribution in [3.63, 3.8) is 0 Å². The van der Waals surface area contributed by atoms with E-state index in [0.717, 1.165) is 6.42 Å². The van der Waals surface area contributed by atoms with Crippen molar-refractivity contribution in [2.45, 2.75) is 76.8 Å². The molecule has 1 aliphatic carbocycles. The number of nitrogens with zero attached hydrogens (tertiary/aromatic N) is 3. The Kier molecular flexibility index (Phi) is 6.56. The molecule has 0 bridgehead atoms. The first kappa shape index (κ1) is 18.2. The van der Waals surface area contributed by atoms with Crippen LogP contribution in [0.1, 0.15) is 64.7 Å².